The summed E-state index contributed by atoms with van der Waals surface area (Å²) in [5.41, 5.74) is 3.25. The first-order valence-corrected chi connectivity index (χ1v) is 7.53. The smallest absolute Gasteiger partial charge is 0.123 e. The third-order valence-electron chi connectivity index (χ3n) is 3.76. The molecular formula is C16H15FOS. The summed E-state index contributed by atoms with van der Waals surface area (Å²) in [4.78, 5) is 1.19. The van der Waals surface area contributed by atoms with Gasteiger partial charge in [0.05, 0.1) is 6.10 Å². The molecule has 3 rings (SSSR count). The summed E-state index contributed by atoms with van der Waals surface area (Å²) in [7, 11) is 0. The maximum atomic E-state index is 13.0. The Morgan fingerprint density at radius 2 is 1.84 bits per heavy atom. The monoisotopic (exact) mass is 274 g/mol. The number of aliphatic hydroxyl groups excluding tert-OH is 1. The van der Waals surface area contributed by atoms with Gasteiger partial charge >= 0.3 is 0 Å². The van der Waals surface area contributed by atoms with Crippen LogP contribution < -0.4 is 0 Å². The summed E-state index contributed by atoms with van der Waals surface area (Å²) in [6.45, 7) is 0. The molecule has 0 aromatic heterocycles. The van der Waals surface area contributed by atoms with Crippen molar-refractivity contribution in [2.75, 3.05) is 6.26 Å². The van der Waals surface area contributed by atoms with Crippen molar-refractivity contribution in [1.29, 1.82) is 0 Å². The van der Waals surface area contributed by atoms with Crippen LogP contribution >= 0.6 is 11.8 Å². The zero-order chi connectivity index (χ0) is 13.4. The van der Waals surface area contributed by atoms with Crippen LogP contribution in [0.5, 0.6) is 0 Å². The van der Waals surface area contributed by atoms with Gasteiger partial charge in [0.1, 0.15) is 5.82 Å². The van der Waals surface area contributed by atoms with Gasteiger partial charge in [-0.15, -0.1) is 11.8 Å². The third-order valence-corrected chi connectivity index (χ3v) is 4.49. The summed E-state index contributed by atoms with van der Waals surface area (Å²) >= 11 is 1.69. The summed E-state index contributed by atoms with van der Waals surface area (Å²) in [6.07, 6.45) is 2.31. The number of thioether (sulfide) groups is 1. The first-order valence-electron chi connectivity index (χ1n) is 6.30. The second kappa shape index (κ2) is 4.99. The van der Waals surface area contributed by atoms with Crippen molar-refractivity contribution >= 4 is 11.8 Å². The van der Waals surface area contributed by atoms with E-state index in [1.165, 1.54) is 22.6 Å². The fraction of sp³-hybridized carbons (Fsp3) is 0.250. The molecule has 1 aliphatic rings. The molecule has 0 saturated heterocycles. The predicted octanol–water partition coefficient (Wildman–Crippen LogP) is 4.12. The lowest BCUT2D eigenvalue weighted by molar-refractivity contribution is 0.176. The lowest BCUT2D eigenvalue weighted by atomic mass is 9.93. The van der Waals surface area contributed by atoms with E-state index in [0.717, 1.165) is 11.1 Å². The van der Waals surface area contributed by atoms with Gasteiger partial charge in [0, 0.05) is 10.8 Å². The maximum absolute atomic E-state index is 13.0. The van der Waals surface area contributed by atoms with E-state index in [0.29, 0.717) is 6.42 Å². The number of hydrogen-bond acceptors (Lipinski definition) is 2. The average Bonchev–Trinajstić information content (AvgIpc) is 2.76. The summed E-state index contributed by atoms with van der Waals surface area (Å²) < 4.78 is 13.0. The van der Waals surface area contributed by atoms with Gasteiger partial charge in [-0.3, -0.25) is 0 Å². The molecule has 0 radical (unpaired) electrons. The highest BCUT2D eigenvalue weighted by Gasteiger charge is 2.30. The van der Waals surface area contributed by atoms with Crippen molar-refractivity contribution in [3.63, 3.8) is 0 Å². The molecule has 0 fully saturated rings. The van der Waals surface area contributed by atoms with E-state index >= 15 is 0 Å². The number of aliphatic hydroxyl groups is 1. The third kappa shape index (κ3) is 2.28. The summed E-state index contributed by atoms with van der Waals surface area (Å²) in [5.74, 6) is -0.0573. The molecule has 2 aromatic rings. The Morgan fingerprint density at radius 3 is 2.53 bits per heavy atom. The van der Waals surface area contributed by atoms with E-state index in [4.69, 9.17) is 0 Å². The number of halogens is 1. The fourth-order valence-electron chi connectivity index (χ4n) is 2.77. The van der Waals surface area contributed by atoms with Crippen molar-refractivity contribution < 1.29 is 9.50 Å². The van der Waals surface area contributed by atoms with Crippen LogP contribution in [0.3, 0.4) is 0 Å². The van der Waals surface area contributed by atoms with Crippen LogP contribution in [-0.4, -0.2) is 11.4 Å². The van der Waals surface area contributed by atoms with E-state index in [-0.39, 0.29) is 11.7 Å². The molecule has 1 N–H and O–H groups in total. The van der Waals surface area contributed by atoms with Gasteiger partial charge in [0.15, 0.2) is 0 Å². The molecule has 0 aliphatic heterocycles. The lowest BCUT2D eigenvalue weighted by Gasteiger charge is -2.12. The number of fused-ring (bicyclic) bond motifs is 1. The van der Waals surface area contributed by atoms with E-state index in [1.807, 2.05) is 30.5 Å². The molecule has 0 heterocycles. The minimum absolute atomic E-state index is 0.165. The van der Waals surface area contributed by atoms with Crippen molar-refractivity contribution in [1.82, 2.24) is 0 Å². The second-order valence-corrected chi connectivity index (χ2v) is 5.73. The van der Waals surface area contributed by atoms with E-state index < -0.39 is 6.10 Å². The molecule has 98 valence electrons. The standard InChI is InChI=1S/C16H15FOS/c1-19-12-6-7-13-15(8-12)14(9-16(13)18)10-2-4-11(17)5-3-10/h2-8,14,16,18H,9H2,1H3/t14-,16-/m0/s1. The molecule has 1 aliphatic carbocycles. The summed E-state index contributed by atoms with van der Waals surface area (Å²) in [6, 6.07) is 12.8. The number of hydrogen-bond donors (Lipinski definition) is 1. The minimum atomic E-state index is -0.416. The summed E-state index contributed by atoms with van der Waals surface area (Å²) in [5, 5.41) is 10.2. The van der Waals surface area contributed by atoms with Crippen molar-refractivity contribution in [2.45, 2.75) is 23.3 Å². The highest BCUT2D eigenvalue weighted by atomic mass is 32.2. The van der Waals surface area contributed by atoms with Gasteiger partial charge in [0.2, 0.25) is 0 Å². The normalized spacial score (nSPS) is 21.4. The van der Waals surface area contributed by atoms with Gasteiger partial charge in [-0.2, -0.15) is 0 Å². The second-order valence-electron chi connectivity index (χ2n) is 4.85. The Labute approximate surface area is 116 Å². The zero-order valence-corrected chi connectivity index (χ0v) is 11.5. The molecule has 0 spiro atoms. The first-order chi connectivity index (χ1) is 9.19. The fourth-order valence-corrected chi connectivity index (χ4v) is 3.22. The molecular weight excluding hydrogens is 259 g/mol. The average molecular weight is 274 g/mol. The van der Waals surface area contributed by atoms with Crippen molar-refractivity contribution in [3.8, 4) is 0 Å². The van der Waals surface area contributed by atoms with Crippen LogP contribution in [0.1, 0.15) is 35.1 Å². The van der Waals surface area contributed by atoms with Crippen LogP contribution in [0.2, 0.25) is 0 Å². The Kier molecular flexibility index (Phi) is 3.33. The lowest BCUT2D eigenvalue weighted by Crippen LogP contribution is -1.96. The van der Waals surface area contributed by atoms with Crippen molar-refractivity contribution in [3.05, 3.63) is 65.0 Å². The number of benzene rings is 2. The molecule has 19 heavy (non-hydrogen) atoms. The van der Waals surface area contributed by atoms with Crippen LogP contribution in [0, 0.1) is 5.82 Å². The molecule has 0 bridgehead atoms. The van der Waals surface area contributed by atoms with Crippen LogP contribution in [0.4, 0.5) is 4.39 Å². The van der Waals surface area contributed by atoms with E-state index in [9.17, 15) is 9.50 Å². The van der Waals surface area contributed by atoms with Crippen LogP contribution in [0.15, 0.2) is 47.4 Å². The molecule has 0 saturated carbocycles. The highest BCUT2D eigenvalue weighted by Crippen LogP contribution is 2.45. The molecule has 0 amide bonds. The van der Waals surface area contributed by atoms with Gasteiger partial charge in [-0.1, -0.05) is 18.2 Å². The molecule has 0 unspecified atom stereocenters. The molecule has 2 aromatic carbocycles. The van der Waals surface area contributed by atoms with E-state index in [2.05, 4.69) is 6.07 Å². The Hall–Kier alpha value is -1.32. The maximum Gasteiger partial charge on any atom is 0.123 e. The van der Waals surface area contributed by atoms with Crippen LogP contribution in [0.25, 0.3) is 0 Å². The molecule has 3 heteroatoms. The first kappa shape index (κ1) is 12.7. The van der Waals surface area contributed by atoms with Gasteiger partial charge in [-0.05, 0) is 53.6 Å². The van der Waals surface area contributed by atoms with Crippen molar-refractivity contribution in [2.24, 2.45) is 0 Å². The van der Waals surface area contributed by atoms with Gasteiger partial charge < -0.3 is 5.11 Å². The highest BCUT2D eigenvalue weighted by molar-refractivity contribution is 7.98. The van der Waals surface area contributed by atoms with Crippen LogP contribution in [-0.2, 0) is 0 Å². The van der Waals surface area contributed by atoms with Gasteiger partial charge in [-0.25, -0.2) is 4.39 Å². The quantitative estimate of drug-likeness (QED) is 0.831. The molecule has 1 nitrogen and oxygen atoms in total. The molecule has 2 atom stereocenters. The Balaban J connectivity index is 2.04. The topological polar surface area (TPSA) is 20.2 Å². The SMILES string of the molecule is CSc1ccc2c(c1)[C@H](c1ccc(F)cc1)C[C@@H]2O. The largest absolute Gasteiger partial charge is 0.388 e. The zero-order valence-electron chi connectivity index (χ0n) is 10.6. The minimum Gasteiger partial charge on any atom is -0.388 e. The number of rotatable bonds is 2. The predicted molar refractivity (Wildman–Crippen MR) is 76.0 cm³/mol. The Morgan fingerprint density at radius 1 is 1.11 bits per heavy atom. The Bertz CT molecular complexity index is 594. The van der Waals surface area contributed by atoms with Gasteiger partial charge in [0.25, 0.3) is 0 Å². The van der Waals surface area contributed by atoms with E-state index in [1.54, 1.807) is 11.8 Å².